The fourth-order valence-corrected chi connectivity index (χ4v) is 3.34. The molecule has 122 valence electrons. The Hall–Kier alpha value is -0.630. The van der Waals surface area contributed by atoms with E-state index in [1.807, 2.05) is 6.08 Å². The average Bonchev–Trinajstić information content (AvgIpc) is 2.63. The van der Waals surface area contributed by atoms with Gasteiger partial charge in [-0.05, 0) is 51.5 Å². The summed E-state index contributed by atoms with van der Waals surface area (Å²) < 4.78 is 0. The van der Waals surface area contributed by atoms with Gasteiger partial charge in [0.25, 0.3) is 0 Å². The van der Waals surface area contributed by atoms with Crippen LogP contribution in [0, 0.1) is 11.8 Å². The third-order valence-corrected chi connectivity index (χ3v) is 4.68. The van der Waals surface area contributed by atoms with Gasteiger partial charge < -0.3 is 5.32 Å². The van der Waals surface area contributed by atoms with Crippen molar-refractivity contribution in [2.75, 3.05) is 6.54 Å². The highest BCUT2D eigenvalue weighted by atomic mass is 16.1. The van der Waals surface area contributed by atoms with E-state index in [1.54, 1.807) is 0 Å². The minimum Gasteiger partial charge on any atom is -0.314 e. The van der Waals surface area contributed by atoms with E-state index in [0.29, 0.717) is 23.7 Å². The molecular weight excluding hydrogens is 258 g/mol. The Bertz CT molecular complexity index is 288. The fourth-order valence-electron chi connectivity index (χ4n) is 3.34. The van der Waals surface area contributed by atoms with Crippen molar-refractivity contribution < 1.29 is 4.79 Å². The van der Waals surface area contributed by atoms with Crippen molar-refractivity contribution >= 4 is 5.78 Å². The smallest absolute Gasteiger partial charge is 0.136 e. The lowest BCUT2D eigenvalue weighted by Crippen LogP contribution is -2.28. The Morgan fingerprint density at radius 3 is 2.48 bits per heavy atom. The molecule has 0 radical (unpaired) electrons. The molecule has 3 unspecified atom stereocenters. The number of Topliss-reactive ketones (excluding diaryl/α,β-unsaturated/α-hetero) is 1. The van der Waals surface area contributed by atoms with Crippen LogP contribution < -0.4 is 5.32 Å². The van der Waals surface area contributed by atoms with Gasteiger partial charge in [-0.2, -0.15) is 0 Å². The van der Waals surface area contributed by atoms with E-state index in [1.165, 1.54) is 32.1 Å². The number of hydrogen-bond acceptors (Lipinski definition) is 2. The molecule has 0 aliphatic carbocycles. The molecule has 21 heavy (non-hydrogen) atoms. The lowest BCUT2D eigenvalue weighted by Gasteiger charge is -2.16. The predicted molar refractivity (Wildman–Crippen MR) is 91.5 cm³/mol. The van der Waals surface area contributed by atoms with Crippen molar-refractivity contribution in [1.29, 1.82) is 0 Å². The highest BCUT2D eigenvalue weighted by Gasteiger charge is 2.25. The van der Waals surface area contributed by atoms with E-state index < -0.39 is 0 Å². The van der Waals surface area contributed by atoms with Gasteiger partial charge in [0.1, 0.15) is 5.78 Å². The first-order valence-corrected chi connectivity index (χ1v) is 9.00. The number of allylic oxidation sites excluding steroid dienone is 1. The summed E-state index contributed by atoms with van der Waals surface area (Å²) in [6.45, 7) is 9.28. The van der Waals surface area contributed by atoms with Crippen LogP contribution in [0.1, 0.15) is 78.1 Å². The Kier molecular flexibility index (Phi) is 9.65. The molecule has 0 saturated carbocycles. The predicted octanol–water partition coefficient (Wildman–Crippen LogP) is 4.89. The Morgan fingerprint density at radius 2 is 1.76 bits per heavy atom. The normalized spacial score (nSPS) is 26.3. The minimum atomic E-state index is 0.303. The maximum atomic E-state index is 12.4. The number of nitrogens with one attached hydrogen (secondary N) is 1. The molecule has 1 rings (SSSR count). The summed E-state index contributed by atoms with van der Waals surface area (Å²) in [5, 5.41) is 3.52. The van der Waals surface area contributed by atoms with Crippen molar-refractivity contribution in [3.8, 4) is 0 Å². The van der Waals surface area contributed by atoms with Gasteiger partial charge >= 0.3 is 0 Å². The van der Waals surface area contributed by atoms with Crippen molar-refractivity contribution in [2.24, 2.45) is 11.8 Å². The fraction of sp³-hybridized carbons (Fsp3) is 0.842. The second-order valence-electron chi connectivity index (χ2n) is 7.00. The first-order chi connectivity index (χ1) is 10.1. The quantitative estimate of drug-likeness (QED) is 0.459. The molecule has 1 N–H and O–H groups in total. The summed E-state index contributed by atoms with van der Waals surface area (Å²) in [6.07, 6.45) is 13.5. The topological polar surface area (TPSA) is 29.1 Å². The molecule has 0 bridgehead atoms. The zero-order valence-corrected chi connectivity index (χ0v) is 14.2. The molecule has 1 saturated heterocycles. The Balaban J connectivity index is 2.10. The first kappa shape index (κ1) is 18.4. The van der Waals surface area contributed by atoms with Crippen LogP contribution in [0.4, 0.5) is 0 Å². The van der Waals surface area contributed by atoms with E-state index in [2.05, 4.69) is 25.7 Å². The molecule has 1 aliphatic rings. The second kappa shape index (κ2) is 11.0. The number of unbranched alkanes of at least 4 members (excludes halogenated alkanes) is 6. The minimum absolute atomic E-state index is 0.303. The molecule has 1 aliphatic heterocycles. The van der Waals surface area contributed by atoms with E-state index in [-0.39, 0.29) is 0 Å². The summed E-state index contributed by atoms with van der Waals surface area (Å²) in [5.41, 5.74) is 0. The van der Waals surface area contributed by atoms with Crippen LogP contribution in [0.15, 0.2) is 12.7 Å². The lowest BCUT2D eigenvalue weighted by atomic mass is 9.87. The van der Waals surface area contributed by atoms with Gasteiger partial charge in [0, 0.05) is 18.4 Å². The number of rotatable bonds is 10. The number of ketones is 1. The van der Waals surface area contributed by atoms with Crippen LogP contribution >= 0.6 is 0 Å². The van der Waals surface area contributed by atoms with Gasteiger partial charge in [0.05, 0.1) is 0 Å². The van der Waals surface area contributed by atoms with Crippen LogP contribution in [0.3, 0.4) is 0 Å². The molecular formula is C19H35NO. The lowest BCUT2D eigenvalue weighted by molar-refractivity contribution is -0.123. The number of hydrogen-bond donors (Lipinski definition) is 1. The van der Waals surface area contributed by atoms with Gasteiger partial charge in [-0.1, -0.05) is 38.7 Å². The van der Waals surface area contributed by atoms with Crippen LogP contribution in [0.2, 0.25) is 0 Å². The molecule has 0 aromatic rings. The summed E-state index contributed by atoms with van der Waals surface area (Å²) in [4.78, 5) is 12.4. The Labute approximate surface area is 131 Å². The van der Waals surface area contributed by atoms with Gasteiger partial charge in [-0.25, -0.2) is 0 Å². The second-order valence-corrected chi connectivity index (χ2v) is 7.00. The van der Waals surface area contributed by atoms with Gasteiger partial charge in [-0.3, -0.25) is 4.79 Å². The summed E-state index contributed by atoms with van der Waals surface area (Å²) in [7, 11) is 0. The van der Waals surface area contributed by atoms with Gasteiger partial charge in [-0.15, -0.1) is 6.58 Å². The maximum absolute atomic E-state index is 12.4. The SMILES string of the molecule is C=CCCCCCCCCC(=O)C1CC(C)CNC(C)C1. The first-order valence-electron chi connectivity index (χ1n) is 9.00. The molecule has 2 nitrogen and oxygen atoms in total. The van der Waals surface area contributed by atoms with Gasteiger partial charge in [0.2, 0.25) is 0 Å². The summed E-state index contributed by atoms with van der Waals surface area (Å²) in [5.74, 6) is 1.45. The molecule has 3 atom stereocenters. The number of carbonyl (C=O) groups is 1. The largest absolute Gasteiger partial charge is 0.314 e. The highest BCUT2D eigenvalue weighted by molar-refractivity contribution is 5.81. The average molecular weight is 293 g/mol. The van der Waals surface area contributed by atoms with E-state index >= 15 is 0 Å². The molecule has 2 heteroatoms. The zero-order valence-electron chi connectivity index (χ0n) is 14.2. The molecule has 0 aromatic heterocycles. The summed E-state index contributed by atoms with van der Waals surface area (Å²) in [6, 6.07) is 0.494. The van der Waals surface area contributed by atoms with E-state index in [4.69, 9.17) is 0 Å². The molecule has 1 fully saturated rings. The molecule has 1 heterocycles. The molecule has 0 spiro atoms. The molecule has 0 amide bonds. The van der Waals surface area contributed by atoms with Crippen LogP contribution in [0.5, 0.6) is 0 Å². The standard InChI is InChI=1S/C19H35NO/c1-4-5-6-7-8-9-10-11-12-19(21)18-13-16(2)15-20-17(3)14-18/h4,16-18,20H,1,5-15H2,2-3H3. The van der Waals surface area contributed by atoms with Crippen molar-refractivity contribution in [2.45, 2.75) is 84.1 Å². The van der Waals surface area contributed by atoms with E-state index in [9.17, 15) is 4.79 Å². The van der Waals surface area contributed by atoms with Crippen molar-refractivity contribution in [3.63, 3.8) is 0 Å². The van der Waals surface area contributed by atoms with E-state index in [0.717, 1.165) is 38.6 Å². The highest BCUT2D eigenvalue weighted by Crippen LogP contribution is 2.24. The Morgan fingerprint density at radius 1 is 1.10 bits per heavy atom. The van der Waals surface area contributed by atoms with Crippen LogP contribution in [-0.2, 0) is 4.79 Å². The maximum Gasteiger partial charge on any atom is 0.136 e. The summed E-state index contributed by atoms with van der Waals surface area (Å²) >= 11 is 0. The third kappa shape index (κ3) is 8.40. The van der Waals surface area contributed by atoms with Crippen LogP contribution in [0.25, 0.3) is 0 Å². The van der Waals surface area contributed by atoms with Crippen molar-refractivity contribution in [3.05, 3.63) is 12.7 Å². The number of carbonyl (C=O) groups excluding carboxylic acids is 1. The third-order valence-electron chi connectivity index (χ3n) is 4.68. The monoisotopic (exact) mass is 293 g/mol. The molecule has 0 aromatic carbocycles. The van der Waals surface area contributed by atoms with Crippen molar-refractivity contribution in [1.82, 2.24) is 5.32 Å². The van der Waals surface area contributed by atoms with Crippen LogP contribution in [-0.4, -0.2) is 18.4 Å². The van der Waals surface area contributed by atoms with Gasteiger partial charge in [0.15, 0.2) is 0 Å². The zero-order chi connectivity index (χ0) is 15.5.